The predicted octanol–water partition coefficient (Wildman–Crippen LogP) is -0.389. The number of hydrogen-bond acceptors (Lipinski definition) is 1. The normalized spacial score (nSPS) is 5.60. The summed E-state index contributed by atoms with van der Waals surface area (Å²) in [5.74, 6) is 0. The van der Waals surface area contributed by atoms with Crippen molar-refractivity contribution in [3.8, 4) is 0 Å². The van der Waals surface area contributed by atoms with Gasteiger partial charge in [0.2, 0.25) is 0 Å². The summed E-state index contributed by atoms with van der Waals surface area (Å²) in [5.41, 5.74) is 0. The van der Waals surface area contributed by atoms with Gasteiger partial charge in [-0.3, -0.25) is 0 Å². The van der Waals surface area contributed by atoms with E-state index in [0.29, 0.717) is 0 Å². The molecule has 1 nitrogen and oxygen atoms in total. The zero-order valence-electron chi connectivity index (χ0n) is 7.84. The van der Waals surface area contributed by atoms with Crippen molar-refractivity contribution in [3.05, 3.63) is 13.5 Å². The van der Waals surface area contributed by atoms with Crippen molar-refractivity contribution in [2.75, 3.05) is 0 Å². The molecule has 56 valence electrons. The Morgan fingerprint density at radius 3 is 1.90 bits per heavy atom. The number of hydrogen-bond donors (Lipinski definition) is 0. The van der Waals surface area contributed by atoms with Crippen molar-refractivity contribution < 1.29 is 69.9 Å². The van der Waals surface area contributed by atoms with Crippen LogP contribution in [0.5, 0.6) is 0 Å². The SMILES string of the molecule is [C-]#N.[CH2-]CCCCC.[Fe+2].[H-].[K+]. The van der Waals surface area contributed by atoms with Crippen LogP contribution in [-0.2, 0) is 17.1 Å². The molecule has 0 saturated heterocycles. The van der Waals surface area contributed by atoms with Gasteiger partial charge in [0, 0.05) is 0 Å². The fourth-order valence-electron chi connectivity index (χ4n) is 0.427. The Bertz CT molecular complexity index is 49.0. The van der Waals surface area contributed by atoms with Gasteiger partial charge in [0.05, 0.1) is 0 Å². The predicted molar refractivity (Wildman–Crippen MR) is 35.6 cm³/mol. The molecule has 0 atom stereocenters. The molecular weight excluding hydrogens is 193 g/mol. The van der Waals surface area contributed by atoms with Crippen LogP contribution in [-0.4, -0.2) is 0 Å². The van der Waals surface area contributed by atoms with Gasteiger partial charge < -0.3 is 20.2 Å². The van der Waals surface area contributed by atoms with Crippen LogP contribution in [0.2, 0.25) is 0 Å². The minimum Gasteiger partial charge on any atom is -1.00 e. The topological polar surface area (TPSA) is 23.8 Å². The average molecular weight is 207 g/mol. The van der Waals surface area contributed by atoms with E-state index >= 15 is 0 Å². The van der Waals surface area contributed by atoms with Crippen LogP contribution in [0.3, 0.4) is 0 Å². The van der Waals surface area contributed by atoms with E-state index in [0.717, 1.165) is 6.42 Å². The number of nitrogens with zero attached hydrogens (tertiary/aromatic N) is 1. The molecule has 0 N–H and O–H groups in total. The first-order valence-corrected chi connectivity index (χ1v) is 2.93. The Labute approximate surface area is 119 Å². The smallest absolute Gasteiger partial charge is 1.00 e. The van der Waals surface area contributed by atoms with Gasteiger partial charge in [-0.25, -0.2) is 0 Å². The van der Waals surface area contributed by atoms with Crippen molar-refractivity contribution in [1.82, 2.24) is 0 Å². The molecule has 0 aliphatic rings. The molecule has 0 aliphatic heterocycles. The summed E-state index contributed by atoms with van der Waals surface area (Å²) in [6, 6.07) is 0. The Hall–Kier alpha value is 1.65. The summed E-state index contributed by atoms with van der Waals surface area (Å²) in [5, 5.41) is 6.25. The molecule has 0 bridgehead atoms. The molecule has 0 amide bonds. The van der Waals surface area contributed by atoms with Gasteiger partial charge in [0.15, 0.2) is 0 Å². The van der Waals surface area contributed by atoms with E-state index in [9.17, 15) is 0 Å². The molecule has 10 heavy (non-hydrogen) atoms. The second kappa shape index (κ2) is 31.1. The molecule has 0 aliphatic carbocycles. The van der Waals surface area contributed by atoms with Gasteiger partial charge in [0.25, 0.3) is 0 Å². The fourth-order valence-corrected chi connectivity index (χ4v) is 0.427. The third-order valence-electron chi connectivity index (χ3n) is 0.854. The van der Waals surface area contributed by atoms with Gasteiger partial charge in [-0.2, -0.15) is 6.42 Å². The molecule has 0 saturated carbocycles. The zero-order chi connectivity index (χ0) is 6.83. The second-order valence-electron chi connectivity index (χ2n) is 1.56. The van der Waals surface area contributed by atoms with Crippen LogP contribution in [0.4, 0.5) is 0 Å². The molecule has 0 aromatic rings. The minimum atomic E-state index is 0. The average Bonchev–Trinajstić information content (AvgIpc) is 1.88. The van der Waals surface area contributed by atoms with Crippen LogP contribution in [0.1, 0.15) is 34.0 Å². The monoisotopic (exact) mass is 207 g/mol. The molecule has 0 spiro atoms. The quantitative estimate of drug-likeness (QED) is 0.351. The Balaban J connectivity index is -0.0000000222. The third-order valence-corrected chi connectivity index (χ3v) is 0.854. The summed E-state index contributed by atoms with van der Waals surface area (Å²) in [6.45, 7) is 10.7. The van der Waals surface area contributed by atoms with E-state index in [1.165, 1.54) is 19.3 Å². The number of rotatable bonds is 3. The Morgan fingerprint density at radius 1 is 1.40 bits per heavy atom. The van der Waals surface area contributed by atoms with Gasteiger partial charge in [-0.1, -0.05) is 26.2 Å². The van der Waals surface area contributed by atoms with E-state index in [4.69, 9.17) is 11.8 Å². The van der Waals surface area contributed by atoms with E-state index in [2.05, 4.69) is 13.8 Å². The molecule has 0 heterocycles. The maximum atomic E-state index is 6.25. The summed E-state index contributed by atoms with van der Waals surface area (Å²) in [6.07, 6.45) is 5.07. The first-order chi connectivity index (χ1) is 3.91. The molecule has 0 aromatic carbocycles. The molecule has 3 heteroatoms. The van der Waals surface area contributed by atoms with Gasteiger partial charge in [0.1, 0.15) is 0 Å². The van der Waals surface area contributed by atoms with Crippen molar-refractivity contribution in [3.63, 3.8) is 0 Å². The molecule has 0 aromatic heterocycles. The van der Waals surface area contributed by atoms with E-state index in [1.807, 2.05) is 0 Å². The molecule has 0 fully saturated rings. The van der Waals surface area contributed by atoms with Gasteiger partial charge in [-0.05, 0) is 0 Å². The fraction of sp³-hybridized carbons (Fsp3) is 0.714. The molecular formula is C7H14FeKN. The third kappa shape index (κ3) is 33.4. The van der Waals surface area contributed by atoms with Crippen molar-refractivity contribution in [2.45, 2.75) is 32.6 Å². The van der Waals surface area contributed by atoms with Crippen LogP contribution in [0.15, 0.2) is 0 Å². The van der Waals surface area contributed by atoms with E-state index in [-0.39, 0.29) is 69.9 Å². The maximum Gasteiger partial charge on any atom is 2.00 e. The molecule has 0 unspecified atom stereocenters. The van der Waals surface area contributed by atoms with Crippen LogP contribution in [0.25, 0.3) is 0 Å². The van der Waals surface area contributed by atoms with Crippen molar-refractivity contribution in [2.24, 2.45) is 0 Å². The van der Waals surface area contributed by atoms with Crippen molar-refractivity contribution in [1.29, 1.82) is 5.26 Å². The van der Waals surface area contributed by atoms with Gasteiger partial charge in [-0.15, -0.1) is 0 Å². The summed E-state index contributed by atoms with van der Waals surface area (Å²) in [4.78, 5) is 0. The zero-order valence-corrected chi connectivity index (χ0v) is 11.1. The largest absolute Gasteiger partial charge is 2.00 e. The van der Waals surface area contributed by atoms with E-state index < -0.39 is 0 Å². The number of unbranched alkanes of at least 4 members (excludes halogenated alkanes) is 3. The Kier molecular flexibility index (Phi) is 70.2. The maximum absolute atomic E-state index is 6.25. The van der Waals surface area contributed by atoms with E-state index in [1.54, 1.807) is 0 Å². The second-order valence-corrected chi connectivity index (χ2v) is 1.56. The minimum absolute atomic E-state index is 0. The first-order valence-electron chi connectivity index (χ1n) is 2.93. The van der Waals surface area contributed by atoms with Crippen LogP contribution in [0, 0.1) is 18.8 Å². The molecule has 0 radical (unpaired) electrons. The Morgan fingerprint density at radius 2 is 1.80 bits per heavy atom. The summed E-state index contributed by atoms with van der Waals surface area (Å²) < 4.78 is 0. The summed E-state index contributed by atoms with van der Waals surface area (Å²) >= 11 is 0. The van der Waals surface area contributed by atoms with Gasteiger partial charge >= 0.3 is 68.5 Å². The van der Waals surface area contributed by atoms with Crippen molar-refractivity contribution >= 4 is 0 Å². The first kappa shape index (κ1) is 22.6. The van der Waals surface area contributed by atoms with Crippen LogP contribution >= 0.6 is 0 Å². The summed E-state index contributed by atoms with van der Waals surface area (Å²) in [7, 11) is 0. The standard InChI is InChI=1S/C6H13.CN.Fe.K.H/c1-3-5-6-4-2;1-2;;;/h1,3-6H2,2H3;;;;/q2*-1;+2;+1;-1. The van der Waals surface area contributed by atoms with Crippen LogP contribution < -0.4 is 51.4 Å². The molecule has 0 rings (SSSR count).